The summed E-state index contributed by atoms with van der Waals surface area (Å²) in [4.78, 5) is 19.2. The molecule has 152 valence electrons. The van der Waals surface area contributed by atoms with Gasteiger partial charge in [0, 0.05) is 38.3 Å². The van der Waals surface area contributed by atoms with Crippen LogP contribution in [0, 0.1) is 18.8 Å². The second-order valence-corrected chi connectivity index (χ2v) is 7.49. The molecular weight excluding hydrogens is 455 g/mol. The number of rotatable bonds is 6. The highest BCUT2D eigenvalue weighted by Gasteiger charge is 2.35. The SMILES string of the molecule is CCNC(=NCCCNC(=O)c1occc1C)N1CC2CCCCC2C1.I. The van der Waals surface area contributed by atoms with Crippen LogP contribution in [-0.4, -0.2) is 49.5 Å². The largest absolute Gasteiger partial charge is 0.459 e. The van der Waals surface area contributed by atoms with E-state index in [1.807, 2.05) is 6.92 Å². The van der Waals surface area contributed by atoms with E-state index in [4.69, 9.17) is 9.41 Å². The number of nitrogens with one attached hydrogen (secondary N) is 2. The van der Waals surface area contributed by atoms with Crippen molar-refractivity contribution in [3.63, 3.8) is 0 Å². The van der Waals surface area contributed by atoms with Crippen LogP contribution >= 0.6 is 24.0 Å². The fourth-order valence-corrected chi connectivity index (χ4v) is 4.16. The summed E-state index contributed by atoms with van der Waals surface area (Å²) in [5.41, 5.74) is 0.866. The highest BCUT2D eigenvalue weighted by atomic mass is 127. The number of aliphatic imine (C=N–C) groups is 1. The normalized spacial score (nSPS) is 22.1. The Morgan fingerprint density at radius 3 is 2.56 bits per heavy atom. The summed E-state index contributed by atoms with van der Waals surface area (Å²) in [6.07, 6.45) is 7.89. The summed E-state index contributed by atoms with van der Waals surface area (Å²) < 4.78 is 5.21. The summed E-state index contributed by atoms with van der Waals surface area (Å²) in [7, 11) is 0. The van der Waals surface area contributed by atoms with Crippen molar-refractivity contribution in [2.45, 2.75) is 46.0 Å². The summed E-state index contributed by atoms with van der Waals surface area (Å²) in [5, 5.41) is 6.34. The number of furan rings is 1. The number of carbonyl (C=O) groups excluding carboxylic acids is 1. The van der Waals surface area contributed by atoms with Gasteiger partial charge in [0.05, 0.1) is 6.26 Å². The molecular formula is C20H33IN4O2. The van der Waals surface area contributed by atoms with Gasteiger partial charge in [0.25, 0.3) is 5.91 Å². The van der Waals surface area contributed by atoms with Crippen molar-refractivity contribution < 1.29 is 9.21 Å². The highest BCUT2D eigenvalue weighted by Crippen LogP contribution is 2.35. The van der Waals surface area contributed by atoms with Crippen molar-refractivity contribution in [1.29, 1.82) is 0 Å². The number of halogens is 1. The molecule has 1 aliphatic heterocycles. The molecule has 0 aromatic carbocycles. The molecule has 1 saturated heterocycles. The van der Waals surface area contributed by atoms with Gasteiger partial charge in [-0.2, -0.15) is 0 Å². The molecule has 1 aromatic rings. The third kappa shape index (κ3) is 5.86. The first-order chi connectivity index (χ1) is 12.7. The lowest BCUT2D eigenvalue weighted by atomic mass is 9.82. The van der Waals surface area contributed by atoms with E-state index in [-0.39, 0.29) is 29.9 Å². The number of aryl methyl sites for hydroxylation is 1. The van der Waals surface area contributed by atoms with Crippen LogP contribution in [0.4, 0.5) is 0 Å². The molecule has 2 unspecified atom stereocenters. The van der Waals surface area contributed by atoms with Crippen LogP contribution in [0.5, 0.6) is 0 Å². The molecule has 2 aliphatic rings. The van der Waals surface area contributed by atoms with Crippen molar-refractivity contribution in [3.8, 4) is 0 Å². The van der Waals surface area contributed by atoms with Crippen LogP contribution in [0.3, 0.4) is 0 Å². The molecule has 0 bridgehead atoms. The van der Waals surface area contributed by atoms with E-state index < -0.39 is 0 Å². The van der Waals surface area contributed by atoms with Gasteiger partial charge >= 0.3 is 0 Å². The van der Waals surface area contributed by atoms with Gasteiger partial charge < -0.3 is 20.0 Å². The van der Waals surface area contributed by atoms with Crippen molar-refractivity contribution in [2.24, 2.45) is 16.8 Å². The number of hydrogen-bond acceptors (Lipinski definition) is 3. The van der Waals surface area contributed by atoms with E-state index in [1.165, 1.54) is 25.7 Å². The summed E-state index contributed by atoms with van der Waals surface area (Å²) >= 11 is 0. The Kier molecular flexibility index (Phi) is 8.92. The maximum atomic E-state index is 12.0. The molecule has 27 heavy (non-hydrogen) atoms. The van der Waals surface area contributed by atoms with Crippen molar-refractivity contribution in [2.75, 3.05) is 32.7 Å². The van der Waals surface area contributed by atoms with Gasteiger partial charge in [0.15, 0.2) is 11.7 Å². The number of likely N-dealkylation sites (tertiary alicyclic amines) is 1. The Morgan fingerprint density at radius 1 is 1.26 bits per heavy atom. The smallest absolute Gasteiger partial charge is 0.287 e. The minimum absolute atomic E-state index is 0. The third-order valence-electron chi connectivity index (χ3n) is 5.56. The average molecular weight is 488 g/mol. The van der Waals surface area contributed by atoms with Crippen molar-refractivity contribution in [1.82, 2.24) is 15.5 Å². The number of nitrogens with zero attached hydrogens (tertiary/aromatic N) is 2. The standard InChI is InChI=1S/C20H32N4O2.HI/c1-3-21-20(24-13-16-7-4-5-8-17(16)14-24)23-11-6-10-22-19(25)18-15(2)9-12-26-18;/h9,12,16-17H,3-8,10-11,13-14H2,1-2H3,(H,21,23)(H,22,25);1H. The molecule has 7 heteroatoms. The fraction of sp³-hybridized carbons (Fsp3) is 0.700. The zero-order valence-electron chi connectivity index (χ0n) is 16.5. The van der Waals surface area contributed by atoms with E-state index in [0.717, 1.165) is 49.4 Å². The average Bonchev–Trinajstić information content (AvgIpc) is 3.26. The second-order valence-electron chi connectivity index (χ2n) is 7.49. The number of fused-ring (bicyclic) bond motifs is 1. The van der Waals surface area contributed by atoms with Crippen molar-refractivity contribution >= 4 is 35.8 Å². The zero-order chi connectivity index (χ0) is 18.4. The Balaban J connectivity index is 0.00000261. The Hall–Kier alpha value is -1.25. The van der Waals surface area contributed by atoms with Gasteiger partial charge in [-0.1, -0.05) is 12.8 Å². The second kappa shape index (κ2) is 10.9. The molecule has 2 atom stereocenters. The molecule has 2 fully saturated rings. The van der Waals surface area contributed by atoms with E-state index in [0.29, 0.717) is 18.8 Å². The lowest BCUT2D eigenvalue weighted by molar-refractivity contribution is 0.0925. The van der Waals surface area contributed by atoms with Crippen LogP contribution in [-0.2, 0) is 0 Å². The summed E-state index contributed by atoms with van der Waals surface area (Å²) in [6, 6.07) is 1.80. The maximum absolute atomic E-state index is 12.0. The van der Waals surface area contributed by atoms with Crippen LogP contribution < -0.4 is 10.6 Å². The van der Waals surface area contributed by atoms with E-state index in [2.05, 4.69) is 22.5 Å². The number of carbonyl (C=O) groups is 1. The van der Waals surface area contributed by atoms with Crippen molar-refractivity contribution in [3.05, 3.63) is 23.7 Å². The van der Waals surface area contributed by atoms with Gasteiger partial charge in [0.2, 0.25) is 0 Å². The fourth-order valence-electron chi connectivity index (χ4n) is 4.16. The molecule has 1 aliphatic carbocycles. The maximum Gasteiger partial charge on any atom is 0.287 e. The van der Waals surface area contributed by atoms with Gasteiger partial charge in [-0.25, -0.2) is 0 Å². The Morgan fingerprint density at radius 2 is 1.96 bits per heavy atom. The van der Waals surface area contributed by atoms with Gasteiger partial charge in [-0.3, -0.25) is 9.79 Å². The monoisotopic (exact) mass is 488 g/mol. The minimum Gasteiger partial charge on any atom is -0.459 e. The van der Waals surface area contributed by atoms with Gasteiger partial charge in [-0.15, -0.1) is 24.0 Å². The van der Waals surface area contributed by atoms with Gasteiger partial charge in [0.1, 0.15) is 0 Å². The van der Waals surface area contributed by atoms with E-state index in [1.54, 1.807) is 12.3 Å². The lowest BCUT2D eigenvalue weighted by Crippen LogP contribution is -2.40. The summed E-state index contributed by atoms with van der Waals surface area (Å²) in [6.45, 7) is 8.48. The molecule has 1 amide bonds. The molecule has 1 saturated carbocycles. The molecule has 1 aromatic heterocycles. The predicted octanol–water partition coefficient (Wildman–Crippen LogP) is 3.41. The molecule has 2 heterocycles. The van der Waals surface area contributed by atoms with Crippen LogP contribution in [0.25, 0.3) is 0 Å². The molecule has 0 spiro atoms. The minimum atomic E-state index is -0.146. The first-order valence-corrected chi connectivity index (χ1v) is 10.0. The number of amides is 1. The topological polar surface area (TPSA) is 69.9 Å². The molecule has 6 nitrogen and oxygen atoms in total. The first-order valence-electron chi connectivity index (χ1n) is 10.0. The lowest BCUT2D eigenvalue weighted by Gasteiger charge is -2.22. The third-order valence-corrected chi connectivity index (χ3v) is 5.56. The predicted molar refractivity (Wildman–Crippen MR) is 119 cm³/mol. The molecule has 3 rings (SSSR count). The van der Waals surface area contributed by atoms with Crippen LogP contribution in [0.2, 0.25) is 0 Å². The number of hydrogen-bond donors (Lipinski definition) is 2. The molecule has 0 radical (unpaired) electrons. The highest BCUT2D eigenvalue weighted by molar-refractivity contribution is 14.0. The Bertz CT molecular complexity index is 617. The zero-order valence-corrected chi connectivity index (χ0v) is 18.8. The Labute approximate surface area is 179 Å². The quantitative estimate of drug-likeness (QED) is 0.279. The summed E-state index contributed by atoms with van der Waals surface area (Å²) in [5.74, 6) is 3.00. The van der Waals surface area contributed by atoms with E-state index in [9.17, 15) is 4.79 Å². The molecule has 2 N–H and O–H groups in total. The van der Waals surface area contributed by atoms with Crippen LogP contribution in [0.15, 0.2) is 21.7 Å². The van der Waals surface area contributed by atoms with Crippen LogP contribution in [0.1, 0.15) is 55.1 Å². The first kappa shape index (κ1) is 22.0. The van der Waals surface area contributed by atoms with E-state index >= 15 is 0 Å². The number of guanidine groups is 1. The van der Waals surface area contributed by atoms with Gasteiger partial charge in [-0.05, 0) is 51.0 Å².